The second-order valence-electron chi connectivity index (χ2n) is 5.18. The SMILES string of the molecule is O=C(COc1ccccc1)N/N=C(\c1ccccc1)c1ccccn1. The molecule has 0 fully saturated rings. The number of amides is 1. The topological polar surface area (TPSA) is 63.6 Å². The largest absolute Gasteiger partial charge is 0.484 e. The number of carbonyl (C=O) groups is 1. The fraction of sp³-hybridized carbons (Fsp3) is 0.0500. The van der Waals surface area contributed by atoms with Crippen molar-refractivity contribution in [3.05, 3.63) is 96.3 Å². The van der Waals surface area contributed by atoms with Gasteiger partial charge in [0.1, 0.15) is 11.5 Å². The molecule has 3 rings (SSSR count). The molecular weight excluding hydrogens is 314 g/mol. The van der Waals surface area contributed by atoms with Crippen LogP contribution in [0.1, 0.15) is 11.3 Å². The smallest absolute Gasteiger partial charge is 0.277 e. The molecule has 25 heavy (non-hydrogen) atoms. The molecule has 124 valence electrons. The van der Waals surface area contributed by atoms with Gasteiger partial charge in [-0.25, -0.2) is 5.43 Å². The summed E-state index contributed by atoms with van der Waals surface area (Å²) >= 11 is 0. The predicted molar refractivity (Wildman–Crippen MR) is 96.4 cm³/mol. The summed E-state index contributed by atoms with van der Waals surface area (Å²) in [6, 6.07) is 24.3. The molecule has 1 aromatic heterocycles. The quantitative estimate of drug-likeness (QED) is 0.558. The third kappa shape index (κ3) is 4.75. The number of benzene rings is 2. The van der Waals surface area contributed by atoms with Crippen molar-refractivity contribution in [1.82, 2.24) is 10.4 Å². The Kier molecular flexibility index (Phi) is 5.51. The zero-order chi connectivity index (χ0) is 17.3. The lowest BCUT2D eigenvalue weighted by Gasteiger charge is -2.08. The van der Waals surface area contributed by atoms with E-state index in [1.54, 1.807) is 18.3 Å². The van der Waals surface area contributed by atoms with Gasteiger partial charge in [-0.2, -0.15) is 5.10 Å². The molecule has 5 heteroatoms. The third-order valence-electron chi connectivity index (χ3n) is 3.36. The number of nitrogens with zero attached hydrogens (tertiary/aromatic N) is 2. The molecule has 2 aromatic carbocycles. The number of aromatic nitrogens is 1. The van der Waals surface area contributed by atoms with E-state index in [0.717, 1.165) is 5.56 Å². The van der Waals surface area contributed by atoms with Crippen LogP contribution in [0.15, 0.2) is 90.2 Å². The maximum absolute atomic E-state index is 12.0. The molecule has 5 nitrogen and oxygen atoms in total. The lowest BCUT2D eigenvalue weighted by molar-refractivity contribution is -0.123. The molecule has 1 N–H and O–H groups in total. The van der Waals surface area contributed by atoms with Crippen LogP contribution in [0.25, 0.3) is 0 Å². The van der Waals surface area contributed by atoms with Crippen LogP contribution in [0.4, 0.5) is 0 Å². The standard InChI is InChI=1S/C20H17N3O2/c24-19(15-25-17-11-5-2-6-12-17)22-23-20(16-9-3-1-4-10-16)18-13-7-8-14-21-18/h1-14H,15H2,(H,22,24)/b23-20+. The van der Waals surface area contributed by atoms with Crippen LogP contribution in [-0.2, 0) is 4.79 Å². The minimum absolute atomic E-state index is 0.113. The highest BCUT2D eigenvalue weighted by Crippen LogP contribution is 2.09. The van der Waals surface area contributed by atoms with Gasteiger partial charge in [0.05, 0.1) is 5.69 Å². The highest BCUT2D eigenvalue weighted by molar-refractivity contribution is 6.11. The van der Waals surface area contributed by atoms with E-state index in [-0.39, 0.29) is 12.5 Å². The van der Waals surface area contributed by atoms with E-state index in [9.17, 15) is 4.79 Å². The Labute approximate surface area is 146 Å². The first-order chi connectivity index (χ1) is 12.3. The third-order valence-corrected chi connectivity index (χ3v) is 3.36. The number of pyridine rings is 1. The van der Waals surface area contributed by atoms with Crippen molar-refractivity contribution < 1.29 is 9.53 Å². The van der Waals surface area contributed by atoms with E-state index in [4.69, 9.17) is 4.74 Å². The number of ether oxygens (including phenoxy) is 1. The van der Waals surface area contributed by atoms with Gasteiger partial charge in [-0.05, 0) is 24.3 Å². The first-order valence-electron chi connectivity index (χ1n) is 7.84. The highest BCUT2D eigenvalue weighted by atomic mass is 16.5. The Morgan fingerprint density at radius 1 is 0.920 bits per heavy atom. The molecule has 0 saturated heterocycles. The molecule has 0 bridgehead atoms. The fourth-order valence-electron chi connectivity index (χ4n) is 2.18. The molecule has 1 amide bonds. The summed E-state index contributed by atoms with van der Waals surface area (Å²) in [5.41, 5.74) is 4.67. The number of hydrogen-bond donors (Lipinski definition) is 1. The van der Waals surface area contributed by atoms with Gasteiger partial charge in [-0.1, -0.05) is 54.6 Å². The molecular formula is C20H17N3O2. The Morgan fingerprint density at radius 3 is 2.28 bits per heavy atom. The lowest BCUT2D eigenvalue weighted by Crippen LogP contribution is -2.26. The molecule has 0 aliphatic heterocycles. The minimum Gasteiger partial charge on any atom is -0.484 e. The van der Waals surface area contributed by atoms with Gasteiger partial charge in [0.15, 0.2) is 6.61 Å². The maximum Gasteiger partial charge on any atom is 0.277 e. The average molecular weight is 331 g/mol. The predicted octanol–water partition coefficient (Wildman–Crippen LogP) is 3.03. The van der Waals surface area contributed by atoms with Gasteiger partial charge in [0.2, 0.25) is 0 Å². The number of rotatable bonds is 6. The van der Waals surface area contributed by atoms with Crippen LogP contribution in [0.2, 0.25) is 0 Å². The molecule has 1 heterocycles. The molecule has 3 aromatic rings. The Bertz CT molecular complexity index is 793. The number of nitrogens with one attached hydrogen (secondary N) is 1. The van der Waals surface area contributed by atoms with Gasteiger partial charge < -0.3 is 4.74 Å². The van der Waals surface area contributed by atoms with Gasteiger partial charge in [0.25, 0.3) is 5.91 Å². The van der Waals surface area contributed by atoms with Gasteiger partial charge in [-0.3, -0.25) is 9.78 Å². The second-order valence-corrected chi connectivity index (χ2v) is 5.18. The van der Waals surface area contributed by atoms with Crippen molar-refractivity contribution in [2.45, 2.75) is 0 Å². The van der Waals surface area contributed by atoms with E-state index < -0.39 is 0 Å². The zero-order valence-corrected chi connectivity index (χ0v) is 13.5. The summed E-state index contributed by atoms with van der Waals surface area (Å²) in [6.45, 7) is -0.113. The molecule has 0 atom stereocenters. The molecule has 0 aliphatic rings. The van der Waals surface area contributed by atoms with Gasteiger partial charge >= 0.3 is 0 Å². The molecule has 0 unspecified atom stereocenters. The second kappa shape index (κ2) is 8.40. The van der Waals surface area contributed by atoms with Crippen LogP contribution < -0.4 is 10.2 Å². The van der Waals surface area contributed by atoms with Crippen LogP contribution in [0, 0.1) is 0 Å². The number of hydrazone groups is 1. The average Bonchev–Trinajstić information content (AvgIpc) is 2.69. The van der Waals surface area contributed by atoms with E-state index in [2.05, 4.69) is 15.5 Å². The number of hydrogen-bond acceptors (Lipinski definition) is 4. The number of carbonyl (C=O) groups excluding carboxylic acids is 1. The summed E-state index contributed by atoms with van der Waals surface area (Å²) in [5.74, 6) is 0.294. The van der Waals surface area contributed by atoms with E-state index >= 15 is 0 Å². The molecule has 0 aliphatic carbocycles. The van der Waals surface area contributed by atoms with Crippen molar-refractivity contribution in [3.8, 4) is 5.75 Å². The van der Waals surface area contributed by atoms with Crippen LogP contribution >= 0.6 is 0 Å². The summed E-state index contributed by atoms with van der Waals surface area (Å²) in [5, 5.41) is 4.25. The van der Waals surface area contributed by atoms with Crippen LogP contribution in [-0.4, -0.2) is 23.2 Å². The monoisotopic (exact) mass is 331 g/mol. The van der Waals surface area contributed by atoms with E-state index in [1.165, 1.54) is 0 Å². The Hall–Kier alpha value is -3.47. The number of para-hydroxylation sites is 1. The van der Waals surface area contributed by atoms with Crippen molar-refractivity contribution in [3.63, 3.8) is 0 Å². The highest BCUT2D eigenvalue weighted by Gasteiger charge is 2.09. The minimum atomic E-state index is -0.340. The van der Waals surface area contributed by atoms with Crippen LogP contribution in [0.3, 0.4) is 0 Å². The zero-order valence-electron chi connectivity index (χ0n) is 13.5. The maximum atomic E-state index is 12.0. The normalized spacial score (nSPS) is 11.0. The first-order valence-corrected chi connectivity index (χ1v) is 7.84. The van der Waals surface area contributed by atoms with Gasteiger partial charge in [0, 0.05) is 11.8 Å². The summed E-state index contributed by atoms with van der Waals surface area (Å²) in [6.07, 6.45) is 1.69. The summed E-state index contributed by atoms with van der Waals surface area (Å²) in [4.78, 5) is 16.3. The molecule has 0 radical (unpaired) electrons. The molecule has 0 saturated carbocycles. The van der Waals surface area contributed by atoms with E-state index in [0.29, 0.717) is 17.2 Å². The van der Waals surface area contributed by atoms with Crippen molar-refractivity contribution in [2.24, 2.45) is 5.10 Å². The van der Waals surface area contributed by atoms with Crippen molar-refractivity contribution in [1.29, 1.82) is 0 Å². The van der Waals surface area contributed by atoms with Crippen molar-refractivity contribution >= 4 is 11.6 Å². The van der Waals surface area contributed by atoms with E-state index in [1.807, 2.05) is 66.7 Å². The molecule has 0 spiro atoms. The van der Waals surface area contributed by atoms with Crippen LogP contribution in [0.5, 0.6) is 5.75 Å². The summed E-state index contributed by atoms with van der Waals surface area (Å²) in [7, 11) is 0. The lowest BCUT2D eigenvalue weighted by atomic mass is 10.1. The summed E-state index contributed by atoms with van der Waals surface area (Å²) < 4.78 is 5.41. The van der Waals surface area contributed by atoms with Crippen molar-refractivity contribution in [2.75, 3.05) is 6.61 Å². The Balaban J connectivity index is 1.72. The fourth-order valence-corrected chi connectivity index (χ4v) is 2.18. The Morgan fingerprint density at radius 2 is 1.60 bits per heavy atom. The van der Waals surface area contributed by atoms with Gasteiger partial charge in [-0.15, -0.1) is 0 Å². The first kappa shape index (κ1) is 16.4.